The van der Waals surface area contributed by atoms with Crippen LogP contribution in [0.4, 0.5) is 0 Å². The van der Waals surface area contributed by atoms with Crippen LogP contribution in [-0.2, 0) is 11.2 Å². The van der Waals surface area contributed by atoms with Crippen molar-refractivity contribution in [3.8, 4) is 5.75 Å². The van der Waals surface area contributed by atoms with E-state index >= 15 is 0 Å². The second-order valence-electron chi connectivity index (χ2n) is 4.10. The zero-order valence-corrected chi connectivity index (χ0v) is 13.8. The van der Waals surface area contributed by atoms with Gasteiger partial charge in [0, 0.05) is 13.4 Å². The van der Waals surface area contributed by atoms with Gasteiger partial charge in [0.15, 0.2) is 0 Å². The third kappa shape index (κ3) is 4.14. The summed E-state index contributed by atoms with van der Waals surface area (Å²) in [6.07, 6.45) is 0.0370. The lowest BCUT2D eigenvalue weighted by molar-refractivity contribution is -0.136. The molecule has 0 amide bonds. The summed E-state index contributed by atoms with van der Waals surface area (Å²) in [5.74, 6) is -0.00806. The smallest absolute Gasteiger partial charge is 0.307 e. The molecule has 0 atom stereocenters. The summed E-state index contributed by atoms with van der Waals surface area (Å²) in [6.45, 7) is 0. The zero-order valence-electron chi connectivity index (χ0n) is 10.8. The van der Waals surface area contributed by atoms with E-state index in [1.807, 2.05) is 42.5 Å². The van der Waals surface area contributed by atoms with Crippen molar-refractivity contribution in [2.45, 2.75) is 16.2 Å². The van der Waals surface area contributed by atoms with Crippen molar-refractivity contribution in [1.29, 1.82) is 0 Å². The van der Waals surface area contributed by atoms with Gasteiger partial charge in [0.1, 0.15) is 5.75 Å². The van der Waals surface area contributed by atoms with Crippen LogP contribution in [-0.4, -0.2) is 18.2 Å². The molecule has 0 aliphatic heterocycles. The Morgan fingerprint density at radius 1 is 1.25 bits per heavy atom. The van der Waals surface area contributed by atoms with Crippen molar-refractivity contribution in [3.63, 3.8) is 0 Å². The van der Waals surface area contributed by atoms with Gasteiger partial charge in [0.05, 0.1) is 13.5 Å². The highest BCUT2D eigenvalue weighted by Gasteiger charge is 2.09. The summed E-state index contributed by atoms with van der Waals surface area (Å²) in [7, 11) is 1.63. The maximum Gasteiger partial charge on any atom is 0.307 e. The lowest BCUT2D eigenvalue weighted by Crippen LogP contribution is -2.01. The van der Waals surface area contributed by atoms with E-state index in [2.05, 4.69) is 22.6 Å². The molecule has 0 aliphatic carbocycles. The summed E-state index contributed by atoms with van der Waals surface area (Å²) in [4.78, 5) is 13.0. The van der Waals surface area contributed by atoms with Crippen LogP contribution in [0.25, 0.3) is 0 Å². The molecule has 0 radical (unpaired) electrons. The van der Waals surface area contributed by atoms with E-state index in [-0.39, 0.29) is 6.42 Å². The van der Waals surface area contributed by atoms with Crippen LogP contribution in [0.1, 0.15) is 5.56 Å². The van der Waals surface area contributed by atoms with E-state index in [0.717, 1.165) is 24.7 Å². The minimum Gasteiger partial charge on any atom is -0.497 e. The molecule has 1 N–H and O–H groups in total. The molecule has 0 bridgehead atoms. The van der Waals surface area contributed by atoms with Gasteiger partial charge in [-0.2, -0.15) is 0 Å². The van der Waals surface area contributed by atoms with Crippen LogP contribution >= 0.6 is 34.4 Å². The van der Waals surface area contributed by atoms with Crippen molar-refractivity contribution >= 4 is 40.3 Å². The zero-order chi connectivity index (χ0) is 14.5. The number of hydrogen-bond acceptors (Lipinski definition) is 3. The van der Waals surface area contributed by atoms with Crippen LogP contribution in [0, 0.1) is 3.57 Å². The SMILES string of the molecule is COc1ccc(Sc2ccc(I)cc2CC(=O)O)cc1. The first-order valence-corrected chi connectivity index (χ1v) is 7.80. The molecule has 0 saturated carbocycles. The molecule has 2 rings (SSSR count). The van der Waals surface area contributed by atoms with Gasteiger partial charge in [-0.1, -0.05) is 11.8 Å². The first-order valence-electron chi connectivity index (χ1n) is 5.90. The molecule has 104 valence electrons. The number of ether oxygens (including phenoxy) is 1. The summed E-state index contributed by atoms with van der Waals surface area (Å²) in [5.41, 5.74) is 0.838. The van der Waals surface area contributed by atoms with Gasteiger partial charge in [0.2, 0.25) is 0 Å². The van der Waals surface area contributed by atoms with Crippen molar-refractivity contribution in [2.75, 3.05) is 7.11 Å². The van der Waals surface area contributed by atoms with Gasteiger partial charge in [-0.15, -0.1) is 0 Å². The molecule has 0 unspecified atom stereocenters. The molecule has 0 fully saturated rings. The van der Waals surface area contributed by atoms with Crippen molar-refractivity contribution < 1.29 is 14.6 Å². The Morgan fingerprint density at radius 2 is 1.95 bits per heavy atom. The van der Waals surface area contributed by atoms with Gasteiger partial charge in [0.25, 0.3) is 0 Å². The summed E-state index contributed by atoms with van der Waals surface area (Å²) in [6, 6.07) is 13.6. The molecule has 5 heteroatoms. The average Bonchev–Trinajstić information content (AvgIpc) is 2.42. The molecular formula is C15H13IO3S. The maximum absolute atomic E-state index is 10.9. The number of aliphatic carboxylic acids is 1. The number of carbonyl (C=O) groups is 1. The largest absolute Gasteiger partial charge is 0.497 e. The first-order chi connectivity index (χ1) is 9.58. The molecule has 2 aromatic carbocycles. The number of halogens is 1. The molecule has 3 nitrogen and oxygen atoms in total. The highest BCUT2D eigenvalue weighted by Crippen LogP contribution is 2.32. The van der Waals surface area contributed by atoms with Gasteiger partial charge < -0.3 is 9.84 Å². The fourth-order valence-electron chi connectivity index (χ4n) is 1.72. The first kappa shape index (κ1) is 15.2. The molecule has 0 saturated heterocycles. The molecule has 0 aromatic heterocycles. The standard InChI is InChI=1S/C15H13IO3S/c1-19-12-3-5-13(6-4-12)20-14-7-2-11(16)8-10(14)9-15(17)18/h2-8H,9H2,1H3,(H,17,18). The van der Waals surface area contributed by atoms with Gasteiger partial charge in [-0.3, -0.25) is 4.79 Å². The summed E-state index contributed by atoms with van der Waals surface area (Å²) in [5, 5.41) is 8.99. The minimum atomic E-state index is -0.816. The summed E-state index contributed by atoms with van der Waals surface area (Å²) >= 11 is 3.75. The van der Waals surface area contributed by atoms with Crippen LogP contribution < -0.4 is 4.74 Å². The predicted molar refractivity (Wildman–Crippen MR) is 87.6 cm³/mol. The molecule has 20 heavy (non-hydrogen) atoms. The molecule has 0 heterocycles. The van der Waals surface area contributed by atoms with E-state index in [1.54, 1.807) is 18.9 Å². The monoisotopic (exact) mass is 400 g/mol. The Bertz CT molecular complexity index is 611. The molecule has 0 spiro atoms. The van der Waals surface area contributed by atoms with E-state index in [0.29, 0.717) is 0 Å². The topological polar surface area (TPSA) is 46.5 Å². The van der Waals surface area contributed by atoms with E-state index < -0.39 is 5.97 Å². The highest BCUT2D eigenvalue weighted by molar-refractivity contribution is 14.1. The normalized spacial score (nSPS) is 10.3. The number of benzene rings is 2. The number of rotatable bonds is 5. The average molecular weight is 400 g/mol. The van der Waals surface area contributed by atoms with Gasteiger partial charge >= 0.3 is 5.97 Å². The molecule has 2 aromatic rings. The van der Waals surface area contributed by atoms with E-state index in [1.165, 1.54) is 0 Å². The Balaban J connectivity index is 2.25. The number of hydrogen-bond donors (Lipinski definition) is 1. The Hall–Kier alpha value is -1.21. The number of carboxylic acid groups (broad SMARTS) is 1. The highest BCUT2D eigenvalue weighted by atomic mass is 127. The molecular weight excluding hydrogens is 387 g/mol. The number of methoxy groups -OCH3 is 1. The van der Waals surface area contributed by atoms with Crippen LogP contribution in [0.5, 0.6) is 5.75 Å². The Morgan fingerprint density at radius 3 is 2.55 bits per heavy atom. The maximum atomic E-state index is 10.9. The van der Waals surface area contributed by atoms with Crippen LogP contribution in [0.15, 0.2) is 52.3 Å². The minimum absolute atomic E-state index is 0.0370. The Labute approximate surface area is 135 Å². The number of carboxylic acids is 1. The van der Waals surface area contributed by atoms with Crippen LogP contribution in [0.2, 0.25) is 0 Å². The van der Waals surface area contributed by atoms with Gasteiger partial charge in [-0.05, 0) is 70.6 Å². The second-order valence-corrected chi connectivity index (χ2v) is 6.46. The quantitative estimate of drug-likeness (QED) is 0.769. The Kier molecular flexibility index (Phi) is 5.31. The van der Waals surface area contributed by atoms with E-state index in [9.17, 15) is 4.79 Å². The van der Waals surface area contributed by atoms with Crippen LogP contribution in [0.3, 0.4) is 0 Å². The fraction of sp³-hybridized carbons (Fsp3) is 0.133. The lowest BCUT2D eigenvalue weighted by atomic mass is 10.1. The van der Waals surface area contributed by atoms with Crippen molar-refractivity contribution in [2.24, 2.45) is 0 Å². The molecule has 0 aliphatic rings. The lowest BCUT2D eigenvalue weighted by Gasteiger charge is -2.09. The fourth-order valence-corrected chi connectivity index (χ4v) is 3.20. The van der Waals surface area contributed by atoms with Crippen molar-refractivity contribution in [3.05, 3.63) is 51.6 Å². The second kappa shape index (κ2) is 6.99. The third-order valence-corrected chi connectivity index (χ3v) is 4.45. The third-order valence-electron chi connectivity index (χ3n) is 2.65. The van der Waals surface area contributed by atoms with E-state index in [4.69, 9.17) is 9.84 Å². The summed E-state index contributed by atoms with van der Waals surface area (Å²) < 4.78 is 6.16. The van der Waals surface area contributed by atoms with Crippen molar-refractivity contribution in [1.82, 2.24) is 0 Å². The van der Waals surface area contributed by atoms with Gasteiger partial charge in [-0.25, -0.2) is 0 Å². The predicted octanol–water partition coefficient (Wildman–Crippen LogP) is 4.08.